The molecule has 0 aliphatic heterocycles. The van der Waals surface area contributed by atoms with Gasteiger partial charge in [0.2, 0.25) is 0 Å². The Morgan fingerprint density at radius 2 is 1.92 bits per heavy atom. The fourth-order valence-corrected chi connectivity index (χ4v) is 2.62. The van der Waals surface area contributed by atoms with Gasteiger partial charge in [0.15, 0.2) is 4.77 Å². The molecule has 9 heteroatoms. The summed E-state index contributed by atoms with van der Waals surface area (Å²) >= 11 is 5.03. The Hall–Kier alpha value is -2.94. The topological polar surface area (TPSA) is 66.9 Å². The number of nitrogens with one attached hydrogen (secondary N) is 2. The van der Waals surface area contributed by atoms with Gasteiger partial charge in [-0.1, -0.05) is 6.07 Å². The summed E-state index contributed by atoms with van der Waals surface area (Å²) < 4.78 is 39.7. The molecule has 0 spiro atoms. The number of carbonyl (C=O) groups is 1. The number of rotatable bonds is 2. The van der Waals surface area contributed by atoms with Crippen molar-refractivity contribution >= 4 is 34.7 Å². The molecule has 0 aliphatic carbocycles. The van der Waals surface area contributed by atoms with Gasteiger partial charge in [0.25, 0.3) is 11.5 Å². The molecule has 0 fully saturated rings. The predicted octanol–water partition coefficient (Wildman–Crippen LogP) is 3.87. The molecule has 0 unspecified atom stereocenters. The zero-order valence-electron chi connectivity index (χ0n) is 13.3. The molecule has 0 atom stereocenters. The standard InChI is InChI=1S/C17H12F3N3O2S/c1-23-15(25)12-6-5-9(7-13(12)22-16(23)26)14(24)21-11-4-2-3-10(8-11)17(18,19)20/h2-8H,1H3,(H,21,24)(H,22,26). The number of aromatic amines is 1. The first-order valence-corrected chi connectivity index (χ1v) is 7.79. The van der Waals surface area contributed by atoms with Crippen molar-refractivity contribution in [1.29, 1.82) is 0 Å². The molecule has 0 aliphatic rings. The third-order valence-corrected chi connectivity index (χ3v) is 4.19. The molecule has 2 N–H and O–H groups in total. The summed E-state index contributed by atoms with van der Waals surface area (Å²) in [4.78, 5) is 27.3. The monoisotopic (exact) mass is 379 g/mol. The van der Waals surface area contributed by atoms with Gasteiger partial charge in [-0.3, -0.25) is 14.2 Å². The van der Waals surface area contributed by atoms with E-state index in [9.17, 15) is 22.8 Å². The van der Waals surface area contributed by atoms with E-state index in [-0.39, 0.29) is 21.6 Å². The number of hydrogen-bond acceptors (Lipinski definition) is 3. The molecule has 3 aromatic rings. The van der Waals surface area contributed by atoms with E-state index in [1.54, 1.807) is 0 Å². The van der Waals surface area contributed by atoms with Gasteiger partial charge in [-0.2, -0.15) is 13.2 Å². The maximum atomic E-state index is 12.8. The molecular formula is C17H12F3N3O2S. The number of aromatic nitrogens is 2. The third kappa shape index (κ3) is 3.38. The maximum Gasteiger partial charge on any atom is 0.416 e. The van der Waals surface area contributed by atoms with Gasteiger partial charge in [-0.15, -0.1) is 0 Å². The Morgan fingerprint density at radius 3 is 2.62 bits per heavy atom. The van der Waals surface area contributed by atoms with Crippen LogP contribution in [0.5, 0.6) is 0 Å². The van der Waals surface area contributed by atoms with Gasteiger partial charge in [-0.25, -0.2) is 0 Å². The first-order chi connectivity index (χ1) is 12.2. The largest absolute Gasteiger partial charge is 0.416 e. The second-order valence-electron chi connectivity index (χ2n) is 5.59. The summed E-state index contributed by atoms with van der Waals surface area (Å²) in [5.41, 5.74) is -0.611. The van der Waals surface area contributed by atoms with Crippen LogP contribution in [0.2, 0.25) is 0 Å². The van der Waals surface area contributed by atoms with Gasteiger partial charge >= 0.3 is 6.18 Å². The van der Waals surface area contributed by atoms with Gasteiger partial charge in [0.1, 0.15) is 0 Å². The molecule has 3 rings (SSSR count). The highest BCUT2D eigenvalue weighted by molar-refractivity contribution is 7.71. The van der Waals surface area contributed by atoms with E-state index in [1.807, 2.05) is 0 Å². The Labute approximate surface area is 150 Å². The van der Waals surface area contributed by atoms with E-state index in [0.29, 0.717) is 10.9 Å². The molecule has 134 valence electrons. The second kappa shape index (κ2) is 6.41. The average Bonchev–Trinajstić information content (AvgIpc) is 2.59. The fraction of sp³-hybridized carbons (Fsp3) is 0.118. The summed E-state index contributed by atoms with van der Waals surface area (Å²) in [5.74, 6) is -0.605. The number of benzene rings is 2. The minimum atomic E-state index is -4.50. The molecule has 0 radical (unpaired) electrons. The summed E-state index contributed by atoms with van der Waals surface area (Å²) in [5, 5.41) is 2.76. The Balaban J connectivity index is 1.95. The maximum absolute atomic E-state index is 12.8. The molecule has 0 bridgehead atoms. The van der Waals surface area contributed by atoms with Crippen molar-refractivity contribution < 1.29 is 18.0 Å². The van der Waals surface area contributed by atoms with Crippen LogP contribution in [0.3, 0.4) is 0 Å². The quantitative estimate of drug-likeness (QED) is 0.665. The van der Waals surface area contributed by atoms with E-state index in [4.69, 9.17) is 12.2 Å². The van der Waals surface area contributed by atoms with Crippen molar-refractivity contribution in [2.24, 2.45) is 7.05 Å². The molecule has 0 saturated carbocycles. The number of nitrogens with zero attached hydrogens (tertiary/aromatic N) is 1. The lowest BCUT2D eigenvalue weighted by molar-refractivity contribution is -0.137. The van der Waals surface area contributed by atoms with Crippen LogP contribution in [0.4, 0.5) is 18.9 Å². The molecule has 1 heterocycles. The van der Waals surface area contributed by atoms with E-state index in [1.165, 1.54) is 41.9 Å². The normalized spacial score (nSPS) is 11.5. The second-order valence-corrected chi connectivity index (χ2v) is 5.97. The SMILES string of the molecule is Cn1c(=S)[nH]c2cc(C(=O)Nc3cccc(C(F)(F)F)c3)ccc2c1=O. The van der Waals surface area contributed by atoms with Gasteiger partial charge in [0, 0.05) is 18.3 Å². The smallest absolute Gasteiger partial charge is 0.332 e. The van der Waals surface area contributed by atoms with Crippen molar-refractivity contribution in [2.45, 2.75) is 6.18 Å². The highest BCUT2D eigenvalue weighted by atomic mass is 32.1. The lowest BCUT2D eigenvalue weighted by Crippen LogP contribution is -2.19. The van der Waals surface area contributed by atoms with Crippen molar-refractivity contribution in [2.75, 3.05) is 5.32 Å². The van der Waals surface area contributed by atoms with E-state index >= 15 is 0 Å². The lowest BCUT2D eigenvalue weighted by atomic mass is 10.1. The first-order valence-electron chi connectivity index (χ1n) is 7.38. The average molecular weight is 379 g/mol. The molecule has 2 aromatic carbocycles. The van der Waals surface area contributed by atoms with E-state index in [2.05, 4.69) is 10.3 Å². The minimum absolute atomic E-state index is 0.0156. The number of alkyl halides is 3. The molecule has 1 aromatic heterocycles. The van der Waals surface area contributed by atoms with Crippen LogP contribution < -0.4 is 10.9 Å². The van der Waals surface area contributed by atoms with E-state index in [0.717, 1.165) is 12.1 Å². The Morgan fingerprint density at radius 1 is 1.19 bits per heavy atom. The Bertz CT molecular complexity index is 1130. The highest BCUT2D eigenvalue weighted by Gasteiger charge is 2.30. The number of hydrogen-bond donors (Lipinski definition) is 2. The Kier molecular flexibility index (Phi) is 4.41. The molecular weight excluding hydrogens is 367 g/mol. The van der Waals surface area contributed by atoms with Crippen molar-refractivity contribution in [3.05, 3.63) is 68.7 Å². The van der Waals surface area contributed by atoms with Crippen molar-refractivity contribution in [1.82, 2.24) is 9.55 Å². The number of carbonyl (C=O) groups excluding carboxylic acids is 1. The fourth-order valence-electron chi connectivity index (χ4n) is 2.42. The summed E-state index contributed by atoms with van der Waals surface area (Å²) in [6, 6.07) is 8.64. The van der Waals surface area contributed by atoms with Crippen LogP contribution >= 0.6 is 12.2 Å². The van der Waals surface area contributed by atoms with Crippen LogP contribution in [0, 0.1) is 4.77 Å². The zero-order valence-corrected chi connectivity index (χ0v) is 14.2. The van der Waals surface area contributed by atoms with Gasteiger partial charge in [-0.05, 0) is 48.6 Å². The van der Waals surface area contributed by atoms with Crippen molar-refractivity contribution in [3.63, 3.8) is 0 Å². The van der Waals surface area contributed by atoms with Crippen LogP contribution in [0.25, 0.3) is 10.9 Å². The number of fused-ring (bicyclic) bond motifs is 1. The van der Waals surface area contributed by atoms with Crippen LogP contribution in [-0.4, -0.2) is 15.5 Å². The summed E-state index contributed by atoms with van der Waals surface area (Å²) in [7, 11) is 1.52. The van der Waals surface area contributed by atoms with E-state index < -0.39 is 17.6 Å². The van der Waals surface area contributed by atoms with Crippen LogP contribution in [-0.2, 0) is 13.2 Å². The predicted molar refractivity (Wildman–Crippen MR) is 93.8 cm³/mol. The number of amides is 1. The highest BCUT2D eigenvalue weighted by Crippen LogP contribution is 2.30. The van der Waals surface area contributed by atoms with Gasteiger partial charge < -0.3 is 10.3 Å². The first kappa shape index (κ1) is 17.9. The molecule has 0 saturated heterocycles. The van der Waals surface area contributed by atoms with Gasteiger partial charge in [0.05, 0.1) is 16.5 Å². The number of halogens is 3. The zero-order chi connectivity index (χ0) is 19.1. The number of anilines is 1. The van der Waals surface area contributed by atoms with Crippen molar-refractivity contribution in [3.8, 4) is 0 Å². The molecule has 26 heavy (non-hydrogen) atoms. The van der Waals surface area contributed by atoms with Crippen LogP contribution in [0.15, 0.2) is 47.3 Å². The third-order valence-electron chi connectivity index (χ3n) is 3.81. The van der Waals surface area contributed by atoms with Crippen LogP contribution in [0.1, 0.15) is 15.9 Å². The minimum Gasteiger partial charge on any atom is -0.332 e. The summed E-state index contributed by atoms with van der Waals surface area (Å²) in [6.45, 7) is 0. The summed E-state index contributed by atoms with van der Waals surface area (Å²) in [6.07, 6.45) is -4.50. The molecule has 5 nitrogen and oxygen atoms in total. The molecule has 1 amide bonds. The lowest BCUT2D eigenvalue weighted by Gasteiger charge is -2.10. The number of H-pyrrole nitrogens is 1.